The Morgan fingerprint density at radius 2 is 1.70 bits per heavy atom. The summed E-state index contributed by atoms with van der Waals surface area (Å²) < 4.78 is 27.3. The van der Waals surface area contributed by atoms with Crippen LogP contribution in [0.3, 0.4) is 0 Å². The van der Waals surface area contributed by atoms with Gasteiger partial charge in [0, 0.05) is 17.5 Å². The van der Waals surface area contributed by atoms with E-state index in [1.54, 1.807) is 0 Å². The lowest BCUT2D eigenvalue weighted by molar-refractivity contribution is 0.00573. The van der Waals surface area contributed by atoms with Crippen molar-refractivity contribution in [2.75, 3.05) is 6.54 Å². The Bertz CT molecular complexity index is 442. The summed E-state index contributed by atoms with van der Waals surface area (Å²) in [7, 11) is 0. The van der Waals surface area contributed by atoms with Crippen LogP contribution in [0.25, 0.3) is 0 Å². The summed E-state index contributed by atoms with van der Waals surface area (Å²) in [6.45, 7) is 0.296. The van der Waals surface area contributed by atoms with Crippen LogP contribution in [0.1, 0.15) is 56.6 Å². The molecule has 1 aliphatic rings. The molecule has 0 heterocycles. The molecule has 0 amide bonds. The van der Waals surface area contributed by atoms with Gasteiger partial charge in [0.1, 0.15) is 0 Å². The van der Waals surface area contributed by atoms with E-state index in [0.717, 1.165) is 44.6 Å². The van der Waals surface area contributed by atoms with E-state index < -0.39 is 23.2 Å². The van der Waals surface area contributed by atoms with E-state index in [0.29, 0.717) is 6.54 Å². The first-order valence-corrected chi connectivity index (χ1v) is 7.43. The van der Waals surface area contributed by atoms with Crippen molar-refractivity contribution in [1.29, 1.82) is 0 Å². The molecule has 2 rings (SSSR count). The van der Waals surface area contributed by atoms with Gasteiger partial charge < -0.3 is 10.8 Å². The number of hydrogen-bond acceptors (Lipinski definition) is 2. The van der Waals surface area contributed by atoms with Gasteiger partial charge in [-0.15, -0.1) is 0 Å². The highest BCUT2D eigenvalue weighted by molar-refractivity contribution is 5.23. The monoisotopic (exact) mass is 283 g/mol. The van der Waals surface area contributed by atoms with Gasteiger partial charge in [0.15, 0.2) is 11.6 Å². The Hall–Kier alpha value is -1.00. The molecule has 0 bridgehead atoms. The molecule has 0 spiro atoms. The highest BCUT2D eigenvalue weighted by atomic mass is 19.2. The predicted molar refractivity (Wildman–Crippen MR) is 75.1 cm³/mol. The van der Waals surface area contributed by atoms with Gasteiger partial charge in [0.05, 0.1) is 6.10 Å². The second-order valence-electron chi connectivity index (χ2n) is 5.88. The molecule has 20 heavy (non-hydrogen) atoms. The van der Waals surface area contributed by atoms with Gasteiger partial charge in [-0.2, -0.15) is 0 Å². The lowest BCUT2D eigenvalue weighted by atomic mass is 9.70. The van der Waals surface area contributed by atoms with Gasteiger partial charge in [0.2, 0.25) is 0 Å². The Morgan fingerprint density at radius 3 is 2.30 bits per heavy atom. The standard InChI is InChI=1S/C16H23F2NO/c17-13-8-6-7-12(14(13)18)15(20)16(11-19)9-4-2-1-3-5-10-16/h6-8,15,20H,1-5,9-11,19H2. The molecule has 1 aliphatic carbocycles. The SMILES string of the molecule is NCC1(C(O)c2cccc(F)c2F)CCCCCCC1. The lowest BCUT2D eigenvalue weighted by Gasteiger charge is -2.39. The fourth-order valence-electron chi connectivity index (χ4n) is 3.26. The Balaban J connectivity index is 2.31. The maximum Gasteiger partial charge on any atom is 0.164 e. The van der Waals surface area contributed by atoms with Crippen LogP contribution in [0.5, 0.6) is 0 Å². The van der Waals surface area contributed by atoms with Crippen LogP contribution in [-0.4, -0.2) is 11.7 Å². The third-order valence-electron chi connectivity index (χ3n) is 4.61. The summed E-state index contributed by atoms with van der Waals surface area (Å²) in [6.07, 6.45) is 5.87. The molecule has 1 atom stereocenters. The second kappa shape index (κ2) is 6.64. The number of rotatable bonds is 3. The van der Waals surface area contributed by atoms with Crippen molar-refractivity contribution in [1.82, 2.24) is 0 Å². The Morgan fingerprint density at radius 1 is 1.10 bits per heavy atom. The molecule has 0 radical (unpaired) electrons. The molecule has 0 aliphatic heterocycles. The number of aliphatic hydroxyl groups excluding tert-OH is 1. The zero-order valence-corrected chi connectivity index (χ0v) is 11.7. The van der Waals surface area contributed by atoms with Gasteiger partial charge >= 0.3 is 0 Å². The van der Waals surface area contributed by atoms with E-state index in [9.17, 15) is 13.9 Å². The summed E-state index contributed by atoms with van der Waals surface area (Å²) in [4.78, 5) is 0. The number of benzene rings is 1. The van der Waals surface area contributed by atoms with E-state index >= 15 is 0 Å². The number of aliphatic hydroxyl groups is 1. The summed E-state index contributed by atoms with van der Waals surface area (Å²) >= 11 is 0. The molecule has 1 aromatic carbocycles. The third kappa shape index (κ3) is 3.01. The van der Waals surface area contributed by atoms with Gasteiger partial charge in [-0.25, -0.2) is 8.78 Å². The molecule has 0 aromatic heterocycles. The molecule has 2 nitrogen and oxygen atoms in total. The maximum absolute atomic E-state index is 13.9. The van der Waals surface area contributed by atoms with E-state index in [1.807, 2.05) is 0 Å². The number of hydrogen-bond donors (Lipinski definition) is 2. The van der Waals surface area contributed by atoms with Crippen molar-refractivity contribution in [3.8, 4) is 0 Å². The smallest absolute Gasteiger partial charge is 0.164 e. The Labute approximate surface area is 119 Å². The molecular weight excluding hydrogens is 260 g/mol. The first-order valence-electron chi connectivity index (χ1n) is 7.43. The largest absolute Gasteiger partial charge is 0.388 e. The summed E-state index contributed by atoms with van der Waals surface area (Å²) in [5, 5.41) is 10.6. The zero-order valence-electron chi connectivity index (χ0n) is 11.7. The van der Waals surface area contributed by atoms with Crippen LogP contribution in [0.15, 0.2) is 18.2 Å². The summed E-state index contributed by atoms with van der Waals surface area (Å²) in [5.74, 6) is -1.87. The zero-order chi connectivity index (χ0) is 14.6. The van der Waals surface area contributed by atoms with E-state index in [-0.39, 0.29) is 5.56 Å². The van der Waals surface area contributed by atoms with Gasteiger partial charge in [0.25, 0.3) is 0 Å². The first-order chi connectivity index (χ1) is 9.60. The molecule has 1 unspecified atom stereocenters. The van der Waals surface area contributed by atoms with Crippen LogP contribution in [-0.2, 0) is 0 Å². The van der Waals surface area contributed by atoms with Crippen molar-refractivity contribution in [2.24, 2.45) is 11.1 Å². The highest BCUT2D eigenvalue weighted by Gasteiger charge is 2.38. The average Bonchev–Trinajstić information content (AvgIpc) is 2.42. The molecule has 3 N–H and O–H groups in total. The topological polar surface area (TPSA) is 46.2 Å². The molecule has 1 fully saturated rings. The van der Waals surface area contributed by atoms with Crippen molar-refractivity contribution >= 4 is 0 Å². The van der Waals surface area contributed by atoms with Gasteiger partial charge in [-0.3, -0.25) is 0 Å². The highest BCUT2D eigenvalue weighted by Crippen LogP contribution is 2.44. The summed E-state index contributed by atoms with van der Waals surface area (Å²) in [6, 6.07) is 3.96. The van der Waals surface area contributed by atoms with E-state index in [2.05, 4.69) is 0 Å². The molecular formula is C16H23F2NO. The van der Waals surface area contributed by atoms with E-state index in [4.69, 9.17) is 5.73 Å². The van der Waals surface area contributed by atoms with Crippen LogP contribution in [0.4, 0.5) is 8.78 Å². The fourth-order valence-corrected chi connectivity index (χ4v) is 3.26. The first kappa shape index (κ1) is 15.4. The average molecular weight is 283 g/mol. The van der Waals surface area contributed by atoms with Crippen LogP contribution < -0.4 is 5.73 Å². The molecule has 112 valence electrons. The summed E-state index contributed by atoms with van der Waals surface area (Å²) in [5.41, 5.74) is 5.41. The normalized spacial score (nSPS) is 21.0. The van der Waals surface area contributed by atoms with Crippen molar-refractivity contribution in [2.45, 2.75) is 51.0 Å². The molecule has 1 aromatic rings. The minimum atomic E-state index is -1.04. The van der Waals surface area contributed by atoms with Gasteiger partial charge in [-0.1, -0.05) is 44.2 Å². The van der Waals surface area contributed by atoms with Crippen LogP contribution >= 0.6 is 0 Å². The Kier molecular flexibility index (Phi) is 5.11. The molecule has 1 saturated carbocycles. The maximum atomic E-state index is 13.9. The van der Waals surface area contributed by atoms with E-state index in [1.165, 1.54) is 18.6 Å². The van der Waals surface area contributed by atoms with Crippen LogP contribution in [0, 0.1) is 17.0 Å². The second-order valence-corrected chi connectivity index (χ2v) is 5.88. The molecule has 4 heteroatoms. The quantitative estimate of drug-likeness (QED) is 0.888. The minimum absolute atomic E-state index is 0.0380. The fraction of sp³-hybridized carbons (Fsp3) is 0.625. The lowest BCUT2D eigenvalue weighted by Crippen LogP contribution is -2.38. The minimum Gasteiger partial charge on any atom is -0.388 e. The molecule has 0 saturated heterocycles. The van der Waals surface area contributed by atoms with Gasteiger partial charge in [-0.05, 0) is 18.9 Å². The third-order valence-corrected chi connectivity index (χ3v) is 4.61. The number of halogens is 2. The van der Waals surface area contributed by atoms with Crippen molar-refractivity contribution in [3.05, 3.63) is 35.4 Å². The van der Waals surface area contributed by atoms with Crippen LogP contribution in [0.2, 0.25) is 0 Å². The van der Waals surface area contributed by atoms with Crippen molar-refractivity contribution in [3.63, 3.8) is 0 Å². The number of nitrogens with two attached hydrogens (primary N) is 1. The van der Waals surface area contributed by atoms with Crippen molar-refractivity contribution < 1.29 is 13.9 Å². The predicted octanol–water partition coefficient (Wildman–Crippen LogP) is 3.69.